The Bertz CT molecular complexity index is 385. The lowest BCUT2D eigenvalue weighted by molar-refractivity contribution is -0.308. The molecule has 9 heteroatoms. The Balaban J connectivity index is 3.20. The molecule has 96 valence electrons. The van der Waals surface area contributed by atoms with Crippen molar-refractivity contribution in [3.05, 3.63) is 0 Å². The van der Waals surface area contributed by atoms with E-state index in [9.17, 15) is 18.3 Å². The van der Waals surface area contributed by atoms with Crippen molar-refractivity contribution in [3.8, 4) is 0 Å². The van der Waals surface area contributed by atoms with Gasteiger partial charge in [-0.3, -0.25) is 0 Å². The Hall–Kier alpha value is -0.800. The van der Waals surface area contributed by atoms with Crippen molar-refractivity contribution in [1.29, 1.82) is 0 Å². The summed E-state index contributed by atoms with van der Waals surface area (Å²) in [6.45, 7) is 1.50. The van der Waals surface area contributed by atoms with Crippen LogP contribution in [-0.2, 0) is 0 Å². The predicted molar refractivity (Wildman–Crippen MR) is 64.5 cm³/mol. The minimum atomic E-state index is -4.92. The van der Waals surface area contributed by atoms with Crippen molar-refractivity contribution < 1.29 is 18.3 Å². The van der Waals surface area contributed by atoms with Crippen LogP contribution < -0.4 is 5.73 Å². The zero-order valence-corrected chi connectivity index (χ0v) is 10.4. The van der Waals surface area contributed by atoms with Crippen LogP contribution in [0.5, 0.6) is 0 Å². The lowest BCUT2D eigenvalue weighted by Crippen LogP contribution is -2.61. The van der Waals surface area contributed by atoms with Gasteiger partial charge in [-0.05, 0) is 6.42 Å². The summed E-state index contributed by atoms with van der Waals surface area (Å²) >= 11 is 9.14. The Morgan fingerprint density at radius 3 is 2.47 bits per heavy atom. The van der Waals surface area contributed by atoms with Crippen molar-refractivity contribution in [2.75, 3.05) is 0 Å². The van der Waals surface area contributed by atoms with Gasteiger partial charge in [0.25, 0.3) is 5.72 Å². The van der Waals surface area contributed by atoms with Gasteiger partial charge in [-0.1, -0.05) is 31.4 Å². The fraction of sp³-hybridized carbons (Fsp3) is 0.625. The van der Waals surface area contributed by atoms with Crippen molar-refractivity contribution in [2.45, 2.75) is 25.2 Å². The number of halogens is 3. The van der Waals surface area contributed by atoms with Crippen LogP contribution in [0.4, 0.5) is 13.2 Å². The molecule has 0 saturated carbocycles. The number of rotatable bonds is 1. The minimum Gasteiger partial charge on any atom is -0.387 e. The molecule has 1 heterocycles. The molecule has 0 saturated heterocycles. The Labute approximate surface area is 106 Å². The van der Waals surface area contributed by atoms with E-state index in [0.717, 1.165) is 6.21 Å². The molecule has 0 aromatic heterocycles. The van der Waals surface area contributed by atoms with Crippen LogP contribution in [0.25, 0.3) is 0 Å². The van der Waals surface area contributed by atoms with Gasteiger partial charge in [0, 0.05) is 6.21 Å². The van der Waals surface area contributed by atoms with Gasteiger partial charge >= 0.3 is 6.18 Å². The van der Waals surface area contributed by atoms with Crippen LogP contribution in [0.15, 0.2) is 5.10 Å². The van der Waals surface area contributed by atoms with Crippen molar-refractivity contribution in [3.63, 3.8) is 0 Å². The molecule has 0 fully saturated rings. The maximum absolute atomic E-state index is 12.9. The molecule has 3 N–H and O–H groups in total. The average Bonchev–Trinajstić information content (AvgIpc) is 2.54. The average molecular weight is 285 g/mol. The van der Waals surface area contributed by atoms with Gasteiger partial charge < -0.3 is 10.8 Å². The van der Waals surface area contributed by atoms with Crippen molar-refractivity contribution in [2.24, 2.45) is 16.8 Å². The summed E-state index contributed by atoms with van der Waals surface area (Å²) in [5.41, 5.74) is 1.98. The number of alkyl halides is 3. The lowest BCUT2D eigenvalue weighted by Gasteiger charge is -2.37. The first-order valence-electron chi connectivity index (χ1n) is 4.63. The monoisotopic (exact) mass is 285 g/mol. The molecule has 17 heavy (non-hydrogen) atoms. The molecule has 1 aliphatic rings. The van der Waals surface area contributed by atoms with Gasteiger partial charge in [0.1, 0.15) is 4.99 Å². The van der Waals surface area contributed by atoms with E-state index in [1.165, 1.54) is 6.92 Å². The van der Waals surface area contributed by atoms with E-state index in [0.29, 0.717) is 0 Å². The van der Waals surface area contributed by atoms with Crippen LogP contribution in [0.2, 0.25) is 0 Å². The standard InChI is InChI=1S/C8H10F3N3OS2/c1-2-4-3-13-14(6(17)5(12)16)7(4,15)8(9,10)11/h3-4,15H,2H2,1H3,(H2,12,16). The van der Waals surface area contributed by atoms with Crippen molar-refractivity contribution >= 4 is 40.6 Å². The maximum Gasteiger partial charge on any atom is 0.439 e. The number of thiocarbonyl (C=S) groups is 2. The largest absolute Gasteiger partial charge is 0.439 e. The molecule has 0 amide bonds. The second-order valence-electron chi connectivity index (χ2n) is 3.48. The summed E-state index contributed by atoms with van der Waals surface area (Å²) in [5.74, 6) is -1.21. The molecule has 4 nitrogen and oxygen atoms in total. The van der Waals surface area contributed by atoms with Gasteiger partial charge in [0.15, 0.2) is 4.99 Å². The van der Waals surface area contributed by atoms with Gasteiger partial charge in [0.2, 0.25) is 0 Å². The highest BCUT2D eigenvalue weighted by Crippen LogP contribution is 2.43. The molecule has 0 spiro atoms. The molecular weight excluding hydrogens is 275 g/mol. The number of hydrazone groups is 1. The molecule has 0 radical (unpaired) electrons. The van der Waals surface area contributed by atoms with Gasteiger partial charge in [-0.2, -0.15) is 18.3 Å². The number of hydrogen-bond donors (Lipinski definition) is 2. The third-order valence-electron chi connectivity index (χ3n) is 2.46. The normalized spacial score (nSPS) is 28.5. The zero-order chi connectivity index (χ0) is 13.4. The van der Waals surface area contributed by atoms with Gasteiger partial charge in [-0.15, -0.1) is 0 Å². The predicted octanol–water partition coefficient (Wildman–Crippen LogP) is 1.18. The summed E-state index contributed by atoms with van der Waals surface area (Å²) < 4.78 is 38.8. The topological polar surface area (TPSA) is 61.8 Å². The molecule has 0 bridgehead atoms. The zero-order valence-electron chi connectivity index (χ0n) is 8.73. The molecular formula is C8H10F3N3OS2. The molecule has 0 aromatic rings. The SMILES string of the molecule is CCC1C=NN(C(=S)C(N)=S)C1(O)C(F)(F)F. The summed E-state index contributed by atoms with van der Waals surface area (Å²) in [6.07, 6.45) is -3.87. The van der Waals surface area contributed by atoms with E-state index in [-0.39, 0.29) is 11.4 Å². The third kappa shape index (κ3) is 2.14. The number of aliphatic hydroxyl groups is 1. The van der Waals surface area contributed by atoms with E-state index < -0.39 is 27.8 Å². The van der Waals surface area contributed by atoms with Crippen LogP contribution in [-0.4, -0.2) is 38.2 Å². The van der Waals surface area contributed by atoms with Crippen LogP contribution >= 0.6 is 24.4 Å². The quantitative estimate of drug-likeness (QED) is 0.708. The van der Waals surface area contributed by atoms with Crippen LogP contribution in [0.3, 0.4) is 0 Å². The smallest absolute Gasteiger partial charge is 0.387 e. The second kappa shape index (κ2) is 4.46. The van der Waals surface area contributed by atoms with Gasteiger partial charge in [0.05, 0.1) is 5.92 Å². The first-order valence-corrected chi connectivity index (χ1v) is 5.45. The highest BCUT2D eigenvalue weighted by Gasteiger charge is 2.65. The number of nitrogens with two attached hydrogens (primary N) is 1. The van der Waals surface area contributed by atoms with E-state index in [2.05, 4.69) is 29.5 Å². The van der Waals surface area contributed by atoms with E-state index in [1.807, 2.05) is 0 Å². The Morgan fingerprint density at radius 2 is 2.12 bits per heavy atom. The van der Waals surface area contributed by atoms with E-state index >= 15 is 0 Å². The fourth-order valence-corrected chi connectivity index (χ4v) is 1.80. The Morgan fingerprint density at radius 1 is 1.59 bits per heavy atom. The summed E-state index contributed by atoms with van der Waals surface area (Å²) in [5, 5.41) is 13.6. The first kappa shape index (κ1) is 14.3. The van der Waals surface area contributed by atoms with Crippen molar-refractivity contribution in [1.82, 2.24) is 5.01 Å². The molecule has 1 aliphatic heterocycles. The summed E-state index contributed by atoms with van der Waals surface area (Å²) in [4.78, 5) is -0.927. The third-order valence-corrected chi connectivity index (χ3v) is 3.18. The molecule has 0 aliphatic carbocycles. The summed E-state index contributed by atoms with van der Waals surface area (Å²) in [6, 6.07) is 0. The van der Waals surface area contributed by atoms with Gasteiger partial charge in [-0.25, -0.2) is 5.01 Å². The molecule has 2 atom stereocenters. The van der Waals surface area contributed by atoms with E-state index in [1.54, 1.807) is 0 Å². The highest BCUT2D eigenvalue weighted by atomic mass is 32.1. The second-order valence-corrected chi connectivity index (χ2v) is 4.31. The maximum atomic E-state index is 12.9. The minimum absolute atomic E-state index is 0.0515. The van der Waals surface area contributed by atoms with Crippen LogP contribution in [0, 0.1) is 5.92 Å². The lowest BCUT2D eigenvalue weighted by atomic mass is 9.94. The highest BCUT2D eigenvalue weighted by molar-refractivity contribution is 7.89. The first-order chi connectivity index (χ1) is 7.66. The number of nitrogens with zero attached hydrogens (tertiary/aromatic N) is 2. The summed E-state index contributed by atoms with van der Waals surface area (Å²) in [7, 11) is 0. The molecule has 1 rings (SSSR count). The molecule has 2 unspecified atom stereocenters. The fourth-order valence-electron chi connectivity index (χ4n) is 1.53. The van der Waals surface area contributed by atoms with E-state index in [4.69, 9.17) is 5.73 Å². The Kier molecular flexibility index (Phi) is 3.75. The van der Waals surface area contributed by atoms with Crippen LogP contribution in [0.1, 0.15) is 13.3 Å². The number of hydrogen-bond acceptors (Lipinski definition) is 4. The molecule has 0 aromatic carbocycles.